The van der Waals surface area contributed by atoms with Gasteiger partial charge >= 0.3 is 11.9 Å². The second-order valence-corrected chi connectivity index (χ2v) is 3.53. The number of hydrogen-bond donors (Lipinski definition) is 4. The van der Waals surface area contributed by atoms with Crippen molar-refractivity contribution in [1.29, 1.82) is 0 Å². The summed E-state index contributed by atoms with van der Waals surface area (Å²) in [5.41, 5.74) is 2.25. The molecule has 0 heterocycles. The van der Waals surface area contributed by atoms with Crippen LogP contribution >= 0.6 is 0 Å². The minimum absolute atomic E-state index is 0.0790. The zero-order chi connectivity index (χ0) is 14.0. The zero-order valence-electron chi connectivity index (χ0n) is 10.1. The van der Waals surface area contributed by atoms with Crippen molar-refractivity contribution in [3.05, 3.63) is 0 Å². The maximum atomic E-state index is 11.1. The first-order valence-electron chi connectivity index (χ1n) is 5.49. The van der Waals surface area contributed by atoms with Gasteiger partial charge in [0.25, 0.3) is 0 Å². The number of aliphatic hydroxyl groups is 1. The van der Waals surface area contributed by atoms with E-state index in [0.717, 1.165) is 0 Å². The number of ketones is 1. The number of rotatable bonds is 10. The van der Waals surface area contributed by atoms with Crippen LogP contribution in [0.15, 0.2) is 0 Å². The van der Waals surface area contributed by atoms with Gasteiger partial charge in [0.05, 0.1) is 13.2 Å². The molecule has 8 nitrogen and oxygen atoms in total. The first-order valence-corrected chi connectivity index (χ1v) is 5.49. The molecular formula is C10H18N2O6. The molecule has 18 heavy (non-hydrogen) atoms. The summed E-state index contributed by atoms with van der Waals surface area (Å²) in [6.45, 7) is 1.40. The lowest BCUT2D eigenvalue weighted by Gasteiger charge is -2.10. The van der Waals surface area contributed by atoms with Gasteiger partial charge in [-0.2, -0.15) is 5.48 Å². The number of aliphatic hydroxyl groups excluding tert-OH is 1. The molecule has 104 valence electrons. The van der Waals surface area contributed by atoms with Gasteiger partial charge in [0, 0.05) is 6.42 Å². The molecular weight excluding hydrogens is 244 g/mol. The van der Waals surface area contributed by atoms with Crippen molar-refractivity contribution in [2.45, 2.75) is 25.8 Å². The molecule has 0 aromatic heterocycles. The van der Waals surface area contributed by atoms with Crippen LogP contribution in [0.25, 0.3) is 0 Å². The van der Waals surface area contributed by atoms with Gasteiger partial charge in [-0.15, -0.1) is 0 Å². The summed E-state index contributed by atoms with van der Waals surface area (Å²) < 4.78 is 0. The Morgan fingerprint density at radius 3 is 2.44 bits per heavy atom. The van der Waals surface area contributed by atoms with Crippen molar-refractivity contribution < 1.29 is 29.4 Å². The molecule has 4 N–H and O–H groups in total. The van der Waals surface area contributed by atoms with Crippen molar-refractivity contribution >= 4 is 17.7 Å². The molecule has 0 saturated heterocycles. The number of carbonyl (C=O) groups is 3. The molecule has 0 saturated carbocycles. The Balaban J connectivity index is 3.68. The SMILES string of the molecule is CC(=O)C(NCCCC(=O)ONCCO)C(=O)O. The number of Topliss-reactive ketones (excluding diaryl/α,β-unsaturated/α-hetero) is 1. The molecule has 0 bridgehead atoms. The van der Waals surface area contributed by atoms with E-state index in [1.54, 1.807) is 0 Å². The highest BCUT2D eigenvalue weighted by molar-refractivity contribution is 6.01. The highest BCUT2D eigenvalue weighted by atomic mass is 16.7. The van der Waals surface area contributed by atoms with E-state index in [9.17, 15) is 14.4 Å². The lowest BCUT2D eigenvalue weighted by molar-refractivity contribution is -0.151. The van der Waals surface area contributed by atoms with Crippen LogP contribution in [0, 0.1) is 0 Å². The zero-order valence-corrected chi connectivity index (χ0v) is 10.1. The number of carboxylic acid groups (broad SMARTS) is 1. The molecule has 0 rings (SSSR count). The summed E-state index contributed by atoms with van der Waals surface area (Å²) in [4.78, 5) is 37.1. The molecule has 0 fully saturated rings. The van der Waals surface area contributed by atoms with Crippen LogP contribution in [0.2, 0.25) is 0 Å². The number of nitrogens with one attached hydrogen (secondary N) is 2. The predicted octanol–water partition coefficient (Wildman–Crippen LogP) is -1.56. The molecule has 1 unspecified atom stereocenters. The third kappa shape index (κ3) is 7.71. The minimum atomic E-state index is -1.24. The number of aliphatic carboxylic acids is 1. The summed E-state index contributed by atoms with van der Waals surface area (Å²) in [6, 6.07) is -1.24. The van der Waals surface area contributed by atoms with Gasteiger partial charge in [0.1, 0.15) is 0 Å². The summed E-state index contributed by atoms with van der Waals surface area (Å²) in [5.74, 6) is -2.25. The first-order chi connectivity index (χ1) is 8.49. The molecule has 0 aliphatic rings. The maximum Gasteiger partial charge on any atom is 0.328 e. The Bertz CT molecular complexity index is 280. The minimum Gasteiger partial charge on any atom is -0.480 e. The summed E-state index contributed by atoms with van der Waals surface area (Å²) in [5, 5.41) is 19.6. The van der Waals surface area contributed by atoms with E-state index in [2.05, 4.69) is 15.6 Å². The lowest BCUT2D eigenvalue weighted by atomic mass is 10.2. The van der Waals surface area contributed by atoms with Crippen molar-refractivity contribution in [3.8, 4) is 0 Å². The third-order valence-electron chi connectivity index (χ3n) is 1.96. The molecule has 1 atom stereocenters. The van der Waals surface area contributed by atoms with Gasteiger partial charge in [-0.3, -0.25) is 19.7 Å². The Morgan fingerprint density at radius 2 is 1.94 bits per heavy atom. The van der Waals surface area contributed by atoms with E-state index in [4.69, 9.17) is 10.2 Å². The van der Waals surface area contributed by atoms with Gasteiger partial charge in [-0.1, -0.05) is 0 Å². The van der Waals surface area contributed by atoms with E-state index in [-0.39, 0.29) is 26.1 Å². The number of hydrogen-bond acceptors (Lipinski definition) is 7. The van der Waals surface area contributed by atoms with E-state index in [1.165, 1.54) is 6.92 Å². The van der Waals surface area contributed by atoms with Gasteiger partial charge in [-0.05, 0) is 19.9 Å². The molecule has 0 aliphatic carbocycles. The predicted molar refractivity (Wildman–Crippen MR) is 60.5 cm³/mol. The van der Waals surface area contributed by atoms with Gasteiger partial charge < -0.3 is 15.1 Å². The number of carboxylic acids is 1. The standard InChI is InChI=1S/C10H18N2O6/c1-7(14)9(10(16)17)11-4-2-3-8(15)18-12-5-6-13/h9,11-13H,2-6H2,1H3,(H,16,17). The van der Waals surface area contributed by atoms with Crippen LogP contribution in [0.5, 0.6) is 0 Å². The Hall–Kier alpha value is -1.51. The van der Waals surface area contributed by atoms with Crippen molar-refractivity contribution in [2.75, 3.05) is 19.7 Å². The van der Waals surface area contributed by atoms with E-state index >= 15 is 0 Å². The van der Waals surface area contributed by atoms with Crippen LogP contribution < -0.4 is 10.8 Å². The molecule has 0 spiro atoms. The van der Waals surface area contributed by atoms with Crippen molar-refractivity contribution in [2.24, 2.45) is 0 Å². The lowest BCUT2D eigenvalue weighted by Crippen LogP contribution is -2.42. The number of carbonyl (C=O) groups excluding carboxylic acids is 2. The molecule has 0 aromatic rings. The normalized spacial score (nSPS) is 11.9. The van der Waals surface area contributed by atoms with Gasteiger partial charge in [0.2, 0.25) is 0 Å². The highest BCUT2D eigenvalue weighted by Gasteiger charge is 2.21. The molecule has 0 amide bonds. The summed E-state index contributed by atoms with van der Waals surface area (Å²) in [7, 11) is 0. The van der Waals surface area contributed by atoms with Crippen LogP contribution in [0.1, 0.15) is 19.8 Å². The Labute approximate surface area is 104 Å². The average molecular weight is 262 g/mol. The van der Waals surface area contributed by atoms with Crippen LogP contribution in [-0.2, 0) is 19.2 Å². The van der Waals surface area contributed by atoms with Crippen molar-refractivity contribution in [1.82, 2.24) is 10.8 Å². The van der Waals surface area contributed by atoms with E-state index in [1.807, 2.05) is 0 Å². The fourth-order valence-corrected chi connectivity index (χ4v) is 1.11. The molecule has 0 aliphatic heterocycles. The number of hydroxylamine groups is 1. The summed E-state index contributed by atoms with van der Waals surface area (Å²) >= 11 is 0. The second kappa shape index (κ2) is 9.51. The smallest absolute Gasteiger partial charge is 0.328 e. The van der Waals surface area contributed by atoms with Gasteiger partial charge in [-0.25, -0.2) is 0 Å². The fourth-order valence-electron chi connectivity index (χ4n) is 1.11. The van der Waals surface area contributed by atoms with Crippen LogP contribution in [0.4, 0.5) is 0 Å². The first kappa shape index (κ1) is 16.5. The van der Waals surface area contributed by atoms with Gasteiger partial charge in [0.15, 0.2) is 11.8 Å². The highest BCUT2D eigenvalue weighted by Crippen LogP contribution is 1.92. The molecule has 0 aromatic carbocycles. The summed E-state index contributed by atoms with van der Waals surface area (Å²) in [6.07, 6.45) is 0.423. The van der Waals surface area contributed by atoms with Crippen molar-refractivity contribution in [3.63, 3.8) is 0 Å². The Kier molecular flexibility index (Phi) is 8.71. The topological polar surface area (TPSA) is 125 Å². The van der Waals surface area contributed by atoms with Crippen LogP contribution in [0.3, 0.4) is 0 Å². The maximum absolute atomic E-state index is 11.1. The third-order valence-corrected chi connectivity index (χ3v) is 1.96. The molecule has 0 radical (unpaired) electrons. The largest absolute Gasteiger partial charge is 0.480 e. The second-order valence-electron chi connectivity index (χ2n) is 3.53. The quantitative estimate of drug-likeness (QED) is 0.211. The van der Waals surface area contributed by atoms with E-state index < -0.39 is 23.8 Å². The average Bonchev–Trinajstić information content (AvgIpc) is 2.28. The van der Waals surface area contributed by atoms with Crippen LogP contribution in [-0.4, -0.2) is 53.7 Å². The monoisotopic (exact) mass is 262 g/mol. The molecule has 8 heteroatoms. The fraction of sp³-hybridized carbons (Fsp3) is 0.700. The Morgan fingerprint density at radius 1 is 1.28 bits per heavy atom. The van der Waals surface area contributed by atoms with E-state index in [0.29, 0.717) is 6.42 Å².